The molecule has 1 saturated carbocycles. The lowest BCUT2D eigenvalue weighted by Crippen LogP contribution is -2.42. The topological polar surface area (TPSA) is 86.8 Å². The summed E-state index contributed by atoms with van der Waals surface area (Å²) in [5.74, 6) is -0.107. The molecule has 33 heavy (non-hydrogen) atoms. The van der Waals surface area contributed by atoms with Crippen molar-refractivity contribution >= 4 is 27.5 Å². The van der Waals surface area contributed by atoms with Crippen LogP contribution in [0.15, 0.2) is 53.4 Å². The number of likely N-dealkylation sites (N-methyl/N-ethyl adjacent to an activating group) is 1. The van der Waals surface area contributed by atoms with Crippen LogP contribution in [0, 0.1) is 5.92 Å². The average molecular weight is 470 g/mol. The van der Waals surface area contributed by atoms with Crippen LogP contribution in [-0.2, 0) is 32.5 Å². The number of nitrogens with zero attached hydrogens (tertiary/aromatic N) is 2. The quantitative estimate of drug-likeness (QED) is 0.644. The van der Waals surface area contributed by atoms with Crippen LogP contribution in [0.5, 0.6) is 0 Å². The van der Waals surface area contributed by atoms with E-state index in [4.69, 9.17) is 0 Å². The Morgan fingerprint density at radius 3 is 2.52 bits per heavy atom. The molecule has 1 heterocycles. The molecule has 7 nitrogen and oxygen atoms in total. The van der Waals surface area contributed by atoms with E-state index >= 15 is 0 Å². The van der Waals surface area contributed by atoms with Crippen LogP contribution in [-0.4, -0.2) is 50.7 Å². The summed E-state index contributed by atoms with van der Waals surface area (Å²) in [5.41, 5.74) is 2.77. The highest BCUT2D eigenvalue weighted by Gasteiger charge is 2.37. The van der Waals surface area contributed by atoms with Crippen molar-refractivity contribution in [2.45, 2.75) is 50.0 Å². The fourth-order valence-corrected chi connectivity index (χ4v) is 5.65. The lowest BCUT2D eigenvalue weighted by Gasteiger charge is -2.32. The number of fused-ring (bicyclic) bond motifs is 1. The Morgan fingerprint density at radius 2 is 1.85 bits per heavy atom. The highest BCUT2D eigenvalue weighted by molar-refractivity contribution is 7.89. The van der Waals surface area contributed by atoms with Gasteiger partial charge in [0.1, 0.15) is 0 Å². The monoisotopic (exact) mass is 469 g/mol. The van der Waals surface area contributed by atoms with Crippen molar-refractivity contribution in [3.8, 4) is 0 Å². The van der Waals surface area contributed by atoms with Crippen LogP contribution in [0.25, 0.3) is 0 Å². The van der Waals surface area contributed by atoms with Gasteiger partial charge in [0.15, 0.2) is 0 Å². The number of carbonyl (C=O) groups is 2. The maximum absolute atomic E-state index is 13.1. The smallest absolute Gasteiger partial charge is 0.243 e. The van der Waals surface area contributed by atoms with Gasteiger partial charge in [-0.1, -0.05) is 36.8 Å². The second-order valence-corrected chi connectivity index (χ2v) is 11.1. The molecule has 8 heteroatoms. The molecule has 1 atom stereocenters. The maximum atomic E-state index is 13.1. The first-order valence-electron chi connectivity index (χ1n) is 11.5. The van der Waals surface area contributed by atoms with Crippen LogP contribution in [0.2, 0.25) is 0 Å². The molecule has 1 aliphatic heterocycles. The molecule has 2 aliphatic rings. The second-order valence-electron chi connectivity index (χ2n) is 9.03. The fraction of sp³-hybridized carbons (Fsp3) is 0.440. The lowest BCUT2D eigenvalue weighted by molar-refractivity contribution is -0.125. The first-order chi connectivity index (χ1) is 15.8. The van der Waals surface area contributed by atoms with Crippen molar-refractivity contribution in [1.82, 2.24) is 9.62 Å². The molecule has 176 valence electrons. The Morgan fingerprint density at radius 1 is 1.12 bits per heavy atom. The van der Waals surface area contributed by atoms with E-state index in [2.05, 4.69) is 5.32 Å². The number of nitrogens with one attached hydrogen (secondary N) is 1. The third-order valence-corrected chi connectivity index (χ3v) is 8.41. The van der Waals surface area contributed by atoms with E-state index in [0.29, 0.717) is 19.4 Å². The van der Waals surface area contributed by atoms with Gasteiger partial charge in [-0.25, -0.2) is 8.42 Å². The van der Waals surface area contributed by atoms with Crippen LogP contribution < -0.4 is 10.2 Å². The third-order valence-electron chi connectivity index (χ3n) is 6.61. The molecular formula is C25H31N3O4S. The molecular weight excluding hydrogens is 438 g/mol. The van der Waals surface area contributed by atoms with E-state index in [0.717, 1.165) is 40.4 Å². The number of hydrogen-bond donors (Lipinski definition) is 1. The molecule has 0 spiro atoms. The number of benzene rings is 2. The molecule has 4 rings (SSSR count). The van der Waals surface area contributed by atoms with Crippen molar-refractivity contribution in [2.75, 3.05) is 25.0 Å². The van der Waals surface area contributed by atoms with Gasteiger partial charge in [0, 0.05) is 31.2 Å². The first-order valence-corrected chi connectivity index (χ1v) is 12.9. The van der Waals surface area contributed by atoms with Gasteiger partial charge in [-0.2, -0.15) is 4.31 Å². The van der Waals surface area contributed by atoms with E-state index in [1.807, 2.05) is 42.2 Å². The summed E-state index contributed by atoms with van der Waals surface area (Å²) in [6.07, 6.45) is 4.27. The van der Waals surface area contributed by atoms with Crippen LogP contribution in [0.4, 0.5) is 5.69 Å². The molecule has 0 unspecified atom stereocenters. The molecule has 1 N–H and O–H groups in total. The Labute approximate surface area is 195 Å². The number of rotatable bonds is 8. The van der Waals surface area contributed by atoms with Crippen molar-refractivity contribution in [3.05, 3.63) is 59.7 Å². The Hall–Kier alpha value is -2.71. The average Bonchev–Trinajstić information content (AvgIpc) is 3.08. The fourth-order valence-electron chi connectivity index (χ4n) is 4.47. The molecule has 0 aromatic heterocycles. The molecule has 2 amide bonds. The molecule has 0 radical (unpaired) electrons. The Balaban J connectivity index is 1.39. The second kappa shape index (κ2) is 9.65. The summed E-state index contributed by atoms with van der Waals surface area (Å²) in [7, 11) is -2.42. The minimum atomic E-state index is -3.83. The van der Waals surface area contributed by atoms with Crippen molar-refractivity contribution < 1.29 is 18.0 Å². The van der Waals surface area contributed by atoms with Crippen LogP contribution >= 0.6 is 0 Å². The van der Waals surface area contributed by atoms with Gasteiger partial charge >= 0.3 is 0 Å². The van der Waals surface area contributed by atoms with Crippen LogP contribution in [0.3, 0.4) is 0 Å². The zero-order chi connectivity index (χ0) is 23.6. The number of hydrogen-bond acceptors (Lipinski definition) is 4. The standard InChI is InChI=1S/C25H31N3O4S/c1-18-15-21-16-22(11-12-23(21)28(18)25(30)20-9-6-10-20)33(31,32)27(2)17-24(29)26-14-13-19-7-4-3-5-8-19/h3-5,7-8,11-12,16,18,20H,6,9-10,13-15,17H2,1-2H3,(H,26,29)/t18-/m1/s1. The zero-order valence-corrected chi connectivity index (χ0v) is 20.0. The first kappa shape index (κ1) is 23.4. The minimum Gasteiger partial charge on any atom is -0.355 e. The third kappa shape index (κ3) is 4.96. The van der Waals surface area contributed by atoms with E-state index in [9.17, 15) is 18.0 Å². The van der Waals surface area contributed by atoms with Gasteiger partial charge in [-0.15, -0.1) is 0 Å². The van der Waals surface area contributed by atoms with Gasteiger partial charge in [0.05, 0.1) is 11.4 Å². The largest absolute Gasteiger partial charge is 0.355 e. The highest BCUT2D eigenvalue weighted by Crippen LogP contribution is 2.38. The van der Waals surface area contributed by atoms with Gasteiger partial charge < -0.3 is 10.2 Å². The van der Waals surface area contributed by atoms with E-state index in [-0.39, 0.29) is 35.2 Å². The predicted molar refractivity (Wildman–Crippen MR) is 127 cm³/mol. The van der Waals surface area contributed by atoms with E-state index < -0.39 is 10.0 Å². The number of carbonyl (C=O) groups excluding carboxylic acids is 2. The summed E-state index contributed by atoms with van der Waals surface area (Å²) in [4.78, 5) is 27.1. The van der Waals surface area contributed by atoms with E-state index in [1.54, 1.807) is 12.1 Å². The molecule has 1 aliphatic carbocycles. The Kier molecular flexibility index (Phi) is 6.86. The van der Waals surface area contributed by atoms with Crippen molar-refractivity contribution in [1.29, 1.82) is 0 Å². The summed E-state index contributed by atoms with van der Waals surface area (Å²) in [6.45, 7) is 2.19. The Bertz CT molecular complexity index is 1130. The van der Waals surface area contributed by atoms with Crippen LogP contribution in [0.1, 0.15) is 37.3 Å². The summed E-state index contributed by atoms with van der Waals surface area (Å²) >= 11 is 0. The molecule has 2 aromatic carbocycles. The summed E-state index contributed by atoms with van der Waals surface area (Å²) in [6, 6.07) is 14.7. The van der Waals surface area contributed by atoms with Gasteiger partial charge in [0.2, 0.25) is 21.8 Å². The van der Waals surface area contributed by atoms with Gasteiger partial charge in [0.25, 0.3) is 0 Å². The zero-order valence-electron chi connectivity index (χ0n) is 19.2. The van der Waals surface area contributed by atoms with Crippen molar-refractivity contribution in [2.24, 2.45) is 5.92 Å². The molecule has 2 aromatic rings. The summed E-state index contributed by atoms with van der Waals surface area (Å²) in [5, 5.41) is 2.78. The molecule has 0 bridgehead atoms. The van der Waals surface area contributed by atoms with Gasteiger partial charge in [-0.3, -0.25) is 9.59 Å². The number of anilines is 1. The summed E-state index contributed by atoms with van der Waals surface area (Å²) < 4.78 is 27.2. The van der Waals surface area contributed by atoms with Gasteiger partial charge in [-0.05, 0) is 61.9 Å². The number of sulfonamides is 1. The lowest BCUT2D eigenvalue weighted by atomic mass is 9.84. The predicted octanol–water partition coefficient (Wildman–Crippen LogP) is 2.74. The minimum absolute atomic E-state index is 0.0131. The molecule has 1 fully saturated rings. The van der Waals surface area contributed by atoms with Crippen molar-refractivity contribution in [3.63, 3.8) is 0 Å². The normalized spacial score (nSPS) is 18.2. The SMILES string of the molecule is C[C@@H]1Cc2cc(S(=O)(=O)N(C)CC(=O)NCCc3ccccc3)ccc2N1C(=O)C1CCC1. The number of amides is 2. The molecule has 0 saturated heterocycles. The highest BCUT2D eigenvalue weighted by atomic mass is 32.2. The maximum Gasteiger partial charge on any atom is 0.243 e. The van der Waals surface area contributed by atoms with E-state index in [1.165, 1.54) is 13.1 Å².